The summed E-state index contributed by atoms with van der Waals surface area (Å²) in [6, 6.07) is 3.02. The summed E-state index contributed by atoms with van der Waals surface area (Å²) in [5.74, 6) is -0.199. The maximum absolute atomic E-state index is 10.9. The second kappa shape index (κ2) is 4.45. The van der Waals surface area contributed by atoms with Crippen LogP contribution in [0.15, 0.2) is 17.3 Å². The third kappa shape index (κ3) is 2.70. The molecule has 5 nitrogen and oxygen atoms in total. The zero-order valence-electron chi connectivity index (χ0n) is 8.48. The number of nitrogens with zero attached hydrogens (tertiary/aromatic N) is 1. The van der Waals surface area contributed by atoms with Crippen LogP contribution in [0.1, 0.15) is 18.1 Å². The van der Waals surface area contributed by atoms with Crippen LogP contribution in [0.2, 0.25) is 0 Å². The van der Waals surface area contributed by atoms with Crippen molar-refractivity contribution in [1.29, 1.82) is 0 Å². The number of hydrogen-bond acceptors (Lipinski definition) is 4. The summed E-state index contributed by atoms with van der Waals surface area (Å²) in [6.07, 6.45) is 1.10. The average molecular weight is 208 g/mol. The van der Waals surface area contributed by atoms with Crippen molar-refractivity contribution in [1.82, 2.24) is 0 Å². The summed E-state index contributed by atoms with van der Waals surface area (Å²) in [5.41, 5.74) is 1.65. The standard InChI is InChI=1S/C10H12N2O3/c1-6-3-10(14)8(5-11-15)4-9(6)12-7(2)13/h3-5,14-15H,1-2H3,(H,12,13). The number of amides is 1. The van der Waals surface area contributed by atoms with Gasteiger partial charge < -0.3 is 15.6 Å². The Morgan fingerprint density at radius 2 is 2.20 bits per heavy atom. The maximum atomic E-state index is 10.9. The maximum Gasteiger partial charge on any atom is 0.221 e. The fourth-order valence-corrected chi connectivity index (χ4v) is 1.20. The molecule has 0 aliphatic carbocycles. The fraction of sp³-hybridized carbons (Fsp3) is 0.200. The molecule has 0 aromatic heterocycles. The zero-order chi connectivity index (χ0) is 11.4. The highest BCUT2D eigenvalue weighted by Gasteiger charge is 2.06. The number of phenolic OH excluding ortho intramolecular Hbond substituents is 1. The van der Waals surface area contributed by atoms with Gasteiger partial charge in [-0.1, -0.05) is 5.16 Å². The molecule has 5 heteroatoms. The lowest BCUT2D eigenvalue weighted by molar-refractivity contribution is -0.114. The molecule has 0 spiro atoms. The number of carbonyl (C=O) groups excluding carboxylic acids is 1. The molecule has 0 radical (unpaired) electrons. The fourth-order valence-electron chi connectivity index (χ4n) is 1.20. The number of rotatable bonds is 2. The predicted octanol–water partition coefficient (Wildman–Crippen LogP) is 1.47. The van der Waals surface area contributed by atoms with Crippen molar-refractivity contribution in [3.05, 3.63) is 23.3 Å². The molecule has 0 saturated carbocycles. The smallest absolute Gasteiger partial charge is 0.221 e. The molecule has 80 valence electrons. The number of oxime groups is 1. The van der Waals surface area contributed by atoms with Crippen LogP contribution in [-0.4, -0.2) is 22.4 Å². The lowest BCUT2D eigenvalue weighted by Crippen LogP contribution is -2.07. The molecule has 0 fully saturated rings. The summed E-state index contributed by atoms with van der Waals surface area (Å²) < 4.78 is 0. The van der Waals surface area contributed by atoms with Gasteiger partial charge in [0.15, 0.2) is 0 Å². The number of hydrogen-bond donors (Lipinski definition) is 3. The van der Waals surface area contributed by atoms with E-state index in [9.17, 15) is 9.90 Å². The number of benzene rings is 1. The minimum Gasteiger partial charge on any atom is -0.507 e. The predicted molar refractivity (Wildman–Crippen MR) is 56.5 cm³/mol. The van der Waals surface area contributed by atoms with Crippen LogP contribution in [0.3, 0.4) is 0 Å². The Bertz CT molecular complexity index is 413. The van der Waals surface area contributed by atoms with Crippen LogP contribution in [0.5, 0.6) is 5.75 Å². The van der Waals surface area contributed by atoms with Crippen LogP contribution < -0.4 is 5.32 Å². The van der Waals surface area contributed by atoms with Gasteiger partial charge in [-0.25, -0.2) is 0 Å². The first-order valence-corrected chi connectivity index (χ1v) is 4.33. The highest BCUT2D eigenvalue weighted by Crippen LogP contribution is 2.24. The second-order valence-electron chi connectivity index (χ2n) is 3.15. The number of aromatic hydroxyl groups is 1. The molecule has 0 aliphatic rings. The molecule has 1 aromatic rings. The van der Waals surface area contributed by atoms with Crippen LogP contribution in [-0.2, 0) is 4.79 Å². The molecule has 3 N–H and O–H groups in total. The molecule has 0 heterocycles. The molecule has 15 heavy (non-hydrogen) atoms. The Balaban J connectivity index is 3.16. The largest absolute Gasteiger partial charge is 0.507 e. The molecule has 1 aromatic carbocycles. The number of nitrogens with one attached hydrogen (secondary N) is 1. The van der Waals surface area contributed by atoms with Gasteiger partial charge in [-0.3, -0.25) is 4.79 Å². The summed E-state index contributed by atoms with van der Waals surface area (Å²) in [5, 5.41) is 23.2. The van der Waals surface area contributed by atoms with E-state index in [0.717, 1.165) is 11.8 Å². The van der Waals surface area contributed by atoms with Gasteiger partial charge in [0.1, 0.15) is 5.75 Å². The summed E-state index contributed by atoms with van der Waals surface area (Å²) in [4.78, 5) is 10.9. The molecule has 0 bridgehead atoms. The van der Waals surface area contributed by atoms with Gasteiger partial charge >= 0.3 is 0 Å². The molecule has 1 rings (SSSR count). The normalized spacial score (nSPS) is 10.5. The van der Waals surface area contributed by atoms with E-state index in [1.807, 2.05) is 0 Å². The van der Waals surface area contributed by atoms with Gasteiger partial charge in [0.25, 0.3) is 0 Å². The van der Waals surface area contributed by atoms with Crippen LogP contribution in [0, 0.1) is 6.92 Å². The van der Waals surface area contributed by atoms with Crippen molar-refractivity contribution in [2.24, 2.45) is 5.16 Å². The molecule has 0 aliphatic heterocycles. The van der Waals surface area contributed by atoms with Crippen molar-refractivity contribution in [2.45, 2.75) is 13.8 Å². The van der Waals surface area contributed by atoms with Crippen LogP contribution >= 0.6 is 0 Å². The first kappa shape index (κ1) is 11.0. The summed E-state index contributed by atoms with van der Waals surface area (Å²) in [7, 11) is 0. The van der Waals surface area contributed by atoms with E-state index in [1.54, 1.807) is 6.92 Å². The van der Waals surface area contributed by atoms with Gasteiger partial charge in [-0.2, -0.15) is 0 Å². The number of anilines is 1. The summed E-state index contributed by atoms with van der Waals surface area (Å²) in [6.45, 7) is 3.15. The lowest BCUT2D eigenvalue weighted by atomic mass is 10.1. The van der Waals surface area contributed by atoms with E-state index in [2.05, 4.69) is 10.5 Å². The Morgan fingerprint density at radius 1 is 1.53 bits per heavy atom. The van der Waals surface area contributed by atoms with Crippen molar-refractivity contribution in [3.63, 3.8) is 0 Å². The average Bonchev–Trinajstić information content (AvgIpc) is 2.12. The molecular formula is C10H12N2O3. The monoisotopic (exact) mass is 208 g/mol. The Hall–Kier alpha value is -2.04. The zero-order valence-corrected chi connectivity index (χ0v) is 8.48. The van der Waals surface area contributed by atoms with Gasteiger partial charge in [-0.05, 0) is 24.6 Å². The van der Waals surface area contributed by atoms with E-state index < -0.39 is 0 Å². The molecule has 0 saturated heterocycles. The highest BCUT2D eigenvalue weighted by atomic mass is 16.4. The SMILES string of the molecule is CC(=O)Nc1cc(C=NO)c(O)cc1C. The molecular weight excluding hydrogens is 196 g/mol. The third-order valence-corrected chi connectivity index (χ3v) is 1.88. The van der Waals surface area contributed by atoms with E-state index >= 15 is 0 Å². The van der Waals surface area contributed by atoms with Gasteiger partial charge in [0.05, 0.1) is 6.21 Å². The molecule has 0 atom stereocenters. The van der Waals surface area contributed by atoms with Crippen LogP contribution in [0.25, 0.3) is 0 Å². The van der Waals surface area contributed by atoms with Crippen molar-refractivity contribution >= 4 is 17.8 Å². The van der Waals surface area contributed by atoms with Crippen LogP contribution in [0.4, 0.5) is 5.69 Å². The van der Waals surface area contributed by atoms with Crippen molar-refractivity contribution in [2.75, 3.05) is 5.32 Å². The van der Waals surface area contributed by atoms with E-state index in [1.165, 1.54) is 19.1 Å². The number of carbonyl (C=O) groups is 1. The first-order chi connectivity index (χ1) is 7.04. The topological polar surface area (TPSA) is 81.9 Å². The van der Waals surface area contributed by atoms with E-state index in [0.29, 0.717) is 11.3 Å². The Morgan fingerprint density at radius 3 is 2.73 bits per heavy atom. The Kier molecular flexibility index (Phi) is 3.28. The van der Waals surface area contributed by atoms with Gasteiger partial charge in [0, 0.05) is 18.2 Å². The Labute approximate surface area is 87.0 Å². The second-order valence-corrected chi connectivity index (χ2v) is 3.15. The molecule has 0 unspecified atom stereocenters. The first-order valence-electron chi connectivity index (χ1n) is 4.33. The van der Waals surface area contributed by atoms with E-state index in [4.69, 9.17) is 5.21 Å². The number of aryl methyl sites for hydroxylation is 1. The third-order valence-electron chi connectivity index (χ3n) is 1.88. The molecule has 1 amide bonds. The van der Waals surface area contributed by atoms with Crippen molar-refractivity contribution in [3.8, 4) is 5.75 Å². The number of phenols is 1. The van der Waals surface area contributed by atoms with Gasteiger partial charge in [-0.15, -0.1) is 0 Å². The highest BCUT2D eigenvalue weighted by molar-refractivity contribution is 5.92. The minimum absolute atomic E-state index is 0.000554. The summed E-state index contributed by atoms with van der Waals surface area (Å²) >= 11 is 0. The van der Waals surface area contributed by atoms with E-state index in [-0.39, 0.29) is 11.7 Å². The minimum atomic E-state index is -0.198. The van der Waals surface area contributed by atoms with Crippen molar-refractivity contribution < 1.29 is 15.1 Å². The van der Waals surface area contributed by atoms with Gasteiger partial charge in [0.2, 0.25) is 5.91 Å². The quantitative estimate of drug-likeness (QED) is 0.298. The lowest BCUT2D eigenvalue weighted by Gasteiger charge is -2.08.